The SMILES string of the molecule is C[C@@H](Cc1ccc(F)cc1)N1c2ccc(Cl)cc2C2CN(C)CCC21. The number of nitrogens with zero attached hydrogens (tertiary/aromatic N) is 2. The van der Waals surface area contributed by atoms with Crippen molar-refractivity contribution in [3.05, 3.63) is 64.4 Å². The van der Waals surface area contributed by atoms with Gasteiger partial charge in [0.2, 0.25) is 0 Å². The Hall–Kier alpha value is -1.58. The van der Waals surface area contributed by atoms with Gasteiger partial charge in [-0.25, -0.2) is 4.39 Å². The third kappa shape index (κ3) is 3.16. The smallest absolute Gasteiger partial charge is 0.123 e. The first-order valence-electron chi connectivity index (χ1n) is 9.03. The lowest BCUT2D eigenvalue weighted by Gasteiger charge is -2.40. The summed E-state index contributed by atoms with van der Waals surface area (Å²) < 4.78 is 13.2. The second kappa shape index (κ2) is 6.62. The van der Waals surface area contributed by atoms with Gasteiger partial charge >= 0.3 is 0 Å². The zero-order chi connectivity index (χ0) is 17.6. The maximum Gasteiger partial charge on any atom is 0.123 e. The molecule has 4 rings (SSSR count). The van der Waals surface area contributed by atoms with E-state index in [2.05, 4.69) is 35.9 Å². The molecule has 2 aliphatic heterocycles. The van der Waals surface area contributed by atoms with Crippen molar-refractivity contribution in [1.29, 1.82) is 0 Å². The highest BCUT2D eigenvalue weighted by atomic mass is 35.5. The van der Waals surface area contributed by atoms with E-state index in [1.807, 2.05) is 18.2 Å². The fraction of sp³-hybridized carbons (Fsp3) is 0.429. The van der Waals surface area contributed by atoms with E-state index in [0.717, 1.165) is 24.5 Å². The Morgan fingerprint density at radius 1 is 1.20 bits per heavy atom. The highest BCUT2D eigenvalue weighted by Gasteiger charge is 2.42. The summed E-state index contributed by atoms with van der Waals surface area (Å²) in [6, 6.07) is 14.1. The van der Waals surface area contributed by atoms with E-state index in [-0.39, 0.29) is 5.82 Å². The summed E-state index contributed by atoms with van der Waals surface area (Å²) >= 11 is 6.30. The summed E-state index contributed by atoms with van der Waals surface area (Å²) in [5, 5.41) is 0.818. The highest BCUT2D eigenvalue weighted by molar-refractivity contribution is 6.30. The minimum Gasteiger partial charge on any atom is -0.365 e. The molecule has 0 N–H and O–H groups in total. The molecule has 2 nitrogen and oxygen atoms in total. The van der Waals surface area contributed by atoms with E-state index in [9.17, 15) is 4.39 Å². The summed E-state index contributed by atoms with van der Waals surface area (Å²) in [7, 11) is 2.20. The third-order valence-corrected chi connectivity index (χ3v) is 5.96. The van der Waals surface area contributed by atoms with E-state index in [4.69, 9.17) is 11.6 Å². The van der Waals surface area contributed by atoms with Crippen LogP contribution in [-0.2, 0) is 6.42 Å². The lowest BCUT2D eigenvalue weighted by Crippen LogP contribution is -2.48. The molecule has 1 fully saturated rings. The Kier molecular flexibility index (Phi) is 4.47. The third-order valence-electron chi connectivity index (χ3n) is 5.72. The number of anilines is 1. The predicted octanol–water partition coefficient (Wildman–Crippen LogP) is 4.72. The maximum atomic E-state index is 13.2. The normalized spacial score (nSPS) is 24.1. The van der Waals surface area contributed by atoms with Gasteiger partial charge in [-0.15, -0.1) is 0 Å². The number of fused-ring (bicyclic) bond motifs is 3. The van der Waals surface area contributed by atoms with E-state index in [0.29, 0.717) is 18.0 Å². The molecule has 0 amide bonds. The van der Waals surface area contributed by atoms with Gasteiger partial charge in [0.05, 0.1) is 0 Å². The molecule has 2 aromatic rings. The van der Waals surface area contributed by atoms with E-state index in [1.54, 1.807) is 12.1 Å². The molecule has 0 spiro atoms. The summed E-state index contributed by atoms with van der Waals surface area (Å²) in [5.41, 5.74) is 3.89. The van der Waals surface area contributed by atoms with Gasteiger partial charge in [0.25, 0.3) is 0 Å². The van der Waals surface area contributed by atoms with Gasteiger partial charge in [-0.1, -0.05) is 23.7 Å². The van der Waals surface area contributed by atoms with Crippen molar-refractivity contribution >= 4 is 17.3 Å². The van der Waals surface area contributed by atoms with Crippen LogP contribution in [0.25, 0.3) is 0 Å². The first-order valence-corrected chi connectivity index (χ1v) is 9.41. The van der Waals surface area contributed by atoms with Crippen LogP contribution in [-0.4, -0.2) is 37.1 Å². The van der Waals surface area contributed by atoms with Crippen molar-refractivity contribution in [2.45, 2.75) is 37.8 Å². The minimum atomic E-state index is -0.173. The first kappa shape index (κ1) is 16.9. The standard InChI is InChI=1S/C21H24ClFN2/c1-14(11-15-3-6-17(23)7-4-15)25-20-8-5-16(22)12-18(20)19-13-24(2)10-9-21(19)25/h3-8,12,14,19,21H,9-11,13H2,1-2H3/t14-,19?,21?/m0/s1. The van der Waals surface area contributed by atoms with Crippen LogP contribution in [0.3, 0.4) is 0 Å². The molecule has 0 radical (unpaired) electrons. The van der Waals surface area contributed by atoms with Crippen LogP contribution in [0.5, 0.6) is 0 Å². The van der Waals surface area contributed by atoms with E-state index < -0.39 is 0 Å². The Labute approximate surface area is 154 Å². The fourth-order valence-electron chi connectivity index (χ4n) is 4.60. The summed E-state index contributed by atoms with van der Waals surface area (Å²) in [6.07, 6.45) is 2.09. The van der Waals surface area contributed by atoms with Gasteiger partial charge in [0, 0.05) is 35.3 Å². The van der Waals surface area contributed by atoms with Crippen molar-refractivity contribution in [2.75, 3.05) is 25.0 Å². The van der Waals surface area contributed by atoms with Crippen LogP contribution in [0, 0.1) is 5.82 Å². The topological polar surface area (TPSA) is 6.48 Å². The predicted molar refractivity (Wildman–Crippen MR) is 102 cm³/mol. The molecule has 2 aliphatic rings. The Bertz CT molecular complexity index is 761. The average Bonchev–Trinajstić information content (AvgIpc) is 2.90. The summed E-state index contributed by atoms with van der Waals surface area (Å²) in [4.78, 5) is 5.01. The van der Waals surface area contributed by atoms with Crippen LogP contribution >= 0.6 is 11.6 Å². The molecule has 0 aliphatic carbocycles. The molecule has 1 saturated heterocycles. The highest BCUT2D eigenvalue weighted by Crippen LogP contribution is 2.46. The van der Waals surface area contributed by atoms with Gasteiger partial charge in [0.15, 0.2) is 0 Å². The molecule has 132 valence electrons. The first-order chi connectivity index (χ1) is 12.0. The minimum absolute atomic E-state index is 0.173. The molecule has 2 unspecified atom stereocenters. The fourth-order valence-corrected chi connectivity index (χ4v) is 4.78. The summed E-state index contributed by atoms with van der Waals surface area (Å²) in [6.45, 7) is 4.49. The number of hydrogen-bond acceptors (Lipinski definition) is 2. The Morgan fingerprint density at radius 2 is 1.96 bits per heavy atom. The second-order valence-electron chi connectivity index (χ2n) is 7.51. The molecular weight excluding hydrogens is 335 g/mol. The number of piperidine rings is 1. The molecule has 0 bridgehead atoms. The quantitative estimate of drug-likeness (QED) is 0.783. The van der Waals surface area contributed by atoms with Crippen molar-refractivity contribution in [3.8, 4) is 0 Å². The van der Waals surface area contributed by atoms with Crippen LogP contribution in [0.2, 0.25) is 5.02 Å². The van der Waals surface area contributed by atoms with Crippen molar-refractivity contribution in [2.24, 2.45) is 0 Å². The molecule has 2 heterocycles. The largest absolute Gasteiger partial charge is 0.365 e. The molecule has 0 saturated carbocycles. The molecule has 0 aromatic heterocycles. The lowest BCUT2D eigenvalue weighted by molar-refractivity contribution is 0.227. The van der Waals surface area contributed by atoms with Crippen molar-refractivity contribution in [1.82, 2.24) is 4.90 Å². The van der Waals surface area contributed by atoms with E-state index >= 15 is 0 Å². The number of benzene rings is 2. The van der Waals surface area contributed by atoms with Gasteiger partial charge < -0.3 is 9.80 Å². The average molecular weight is 359 g/mol. The molecule has 2 aromatic carbocycles. The number of likely N-dealkylation sites (N-methyl/N-ethyl adjacent to an activating group) is 1. The molecular formula is C21H24ClFN2. The van der Waals surface area contributed by atoms with E-state index in [1.165, 1.54) is 23.2 Å². The maximum absolute atomic E-state index is 13.2. The number of halogens is 2. The van der Waals surface area contributed by atoms with Gasteiger partial charge in [0.1, 0.15) is 5.82 Å². The Balaban J connectivity index is 1.65. The molecule has 4 heteroatoms. The van der Waals surface area contributed by atoms with Crippen LogP contribution in [0.1, 0.15) is 30.4 Å². The lowest BCUT2D eigenvalue weighted by atomic mass is 9.89. The summed E-state index contributed by atoms with van der Waals surface area (Å²) in [5.74, 6) is 0.344. The van der Waals surface area contributed by atoms with Crippen molar-refractivity contribution < 1.29 is 4.39 Å². The molecule has 3 atom stereocenters. The number of hydrogen-bond donors (Lipinski definition) is 0. The van der Waals surface area contributed by atoms with Gasteiger partial charge in [-0.3, -0.25) is 0 Å². The zero-order valence-corrected chi connectivity index (χ0v) is 15.5. The second-order valence-corrected chi connectivity index (χ2v) is 7.95. The number of rotatable bonds is 3. The van der Waals surface area contributed by atoms with Gasteiger partial charge in [-0.05, 0) is 74.8 Å². The molecule has 25 heavy (non-hydrogen) atoms. The van der Waals surface area contributed by atoms with Crippen LogP contribution in [0.4, 0.5) is 10.1 Å². The van der Waals surface area contributed by atoms with Crippen LogP contribution in [0.15, 0.2) is 42.5 Å². The van der Waals surface area contributed by atoms with Gasteiger partial charge in [-0.2, -0.15) is 0 Å². The number of likely N-dealkylation sites (tertiary alicyclic amines) is 1. The zero-order valence-electron chi connectivity index (χ0n) is 14.8. The van der Waals surface area contributed by atoms with Crippen molar-refractivity contribution in [3.63, 3.8) is 0 Å². The Morgan fingerprint density at radius 3 is 2.72 bits per heavy atom. The van der Waals surface area contributed by atoms with Crippen LogP contribution < -0.4 is 4.90 Å². The monoisotopic (exact) mass is 358 g/mol.